The summed E-state index contributed by atoms with van der Waals surface area (Å²) in [6.07, 6.45) is 8.45. The van der Waals surface area contributed by atoms with Gasteiger partial charge in [0.15, 0.2) is 0 Å². The first-order chi connectivity index (χ1) is 7.87. The molecule has 0 spiro atoms. The molecule has 5 heteroatoms. The highest BCUT2D eigenvalue weighted by molar-refractivity contribution is 7.90. The van der Waals surface area contributed by atoms with Gasteiger partial charge in [-0.1, -0.05) is 44.6 Å². The molecule has 0 aromatic rings. The number of aliphatic hydroxyl groups is 1. The highest BCUT2D eigenvalue weighted by Gasteiger charge is 2.46. The largest absolute Gasteiger partial charge is 0.394 e. The van der Waals surface area contributed by atoms with Crippen molar-refractivity contribution in [1.29, 1.82) is 0 Å². The number of allylic oxidation sites excluding steroid dienone is 3. The minimum absolute atomic E-state index is 0.262. The van der Waals surface area contributed by atoms with Gasteiger partial charge in [-0.25, -0.2) is 13.6 Å². The molecule has 0 bridgehead atoms. The molecule has 2 unspecified atom stereocenters. The highest BCUT2D eigenvalue weighted by atomic mass is 32.2. The molecule has 0 fully saturated rings. The molecular weight excluding hydrogens is 238 g/mol. The van der Waals surface area contributed by atoms with Gasteiger partial charge in [0.05, 0.1) is 6.61 Å². The summed E-state index contributed by atoms with van der Waals surface area (Å²) in [6.45, 7) is 3.65. The molecule has 3 atom stereocenters. The molecule has 98 valence electrons. The lowest BCUT2D eigenvalue weighted by atomic mass is 9.81. The average Bonchev–Trinajstić information content (AvgIpc) is 2.28. The van der Waals surface area contributed by atoms with Crippen molar-refractivity contribution in [2.75, 3.05) is 6.61 Å². The van der Waals surface area contributed by atoms with Gasteiger partial charge in [-0.05, 0) is 12.3 Å². The summed E-state index contributed by atoms with van der Waals surface area (Å²) in [7, 11) is -3.83. The lowest BCUT2D eigenvalue weighted by molar-refractivity contribution is 0.223. The van der Waals surface area contributed by atoms with Gasteiger partial charge < -0.3 is 5.11 Å². The number of primary sulfonamides is 1. The van der Waals surface area contributed by atoms with Crippen LogP contribution in [0.3, 0.4) is 0 Å². The predicted molar refractivity (Wildman–Crippen MR) is 68.8 cm³/mol. The molecule has 0 aromatic carbocycles. The first-order valence-corrected chi connectivity index (χ1v) is 7.41. The molecule has 0 saturated carbocycles. The van der Waals surface area contributed by atoms with Crippen LogP contribution in [0.25, 0.3) is 0 Å². The Morgan fingerprint density at radius 2 is 2.12 bits per heavy atom. The molecular formula is C12H21NO3S. The van der Waals surface area contributed by atoms with Gasteiger partial charge >= 0.3 is 0 Å². The van der Waals surface area contributed by atoms with E-state index in [9.17, 15) is 13.5 Å². The number of aliphatic hydroxyl groups excluding tert-OH is 1. The van der Waals surface area contributed by atoms with Crippen LogP contribution in [0.2, 0.25) is 0 Å². The Hall–Kier alpha value is -0.650. The van der Waals surface area contributed by atoms with E-state index in [2.05, 4.69) is 13.8 Å². The quantitative estimate of drug-likeness (QED) is 0.778. The molecule has 4 nitrogen and oxygen atoms in total. The van der Waals surface area contributed by atoms with Gasteiger partial charge in [0.1, 0.15) is 4.75 Å². The fraction of sp³-hybridized carbons (Fsp3) is 0.667. The lowest BCUT2D eigenvalue weighted by Gasteiger charge is -2.36. The van der Waals surface area contributed by atoms with Crippen LogP contribution < -0.4 is 5.14 Å². The molecule has 3 N–H and O–H groups in total. The smallest absolute Gasteiger partial charge is 0.221 e. The third-order valence-corrected chi connectivity index (χ3v) is 5.22. The lowest BCUT2D eigenvalue weighted by Crippen LogP contribution is -2.51. The molecule has 0 radical (unpaired) electrons. The van der Waals surface area contributed by atoms with Crippen LogP contribution in [0.4, 0.5) is 0 Å². The third kappa shape index (κ3) is 2.78. The Labute approximate surface area is 103 Å². The van der Waals surface area contributed by atoms with E-state index in [-0.39, 0.29) is 5.92 Å². The van der Waals surface area contributed by atoms with E-state index in [1.54, 1.807) is 6.08 Å². The van der Waals surface area contributed by atoms with Crippen LogP contribution in [-0.2, 0) is 10.0 Å². The van der Waals surface area contributed by atoms with E-state index in [1.165, 1.54) is 6.08 Å². The van der Waals surface area contributed by atoms with Gasteiger partial charge in [0, 0.05) is 5.92 Å². The summed E-state index contributed by atoms with van der Waals surface area (Å²) in [5, 5.41) is 14.8. The monoisotopic (exact) mass is 259 g/mol. The maximum Gasteiger partial charge on any atom is 0.221 e. The standard InChI is InChI=1S/C12H21NO3S/c1-3-10(2)8-11-6-4-5-7-12(11,9-14)17(13,15)16/h4-7,10-11,14H,3,8-9H2,1-2H3,(H2,13,15,16)/t10?,11-,12?/m1/s1. The number of nitrogens with two attached hydrogens (primary N) is 1. The molecule has 0 heterocycles. The topological polar surface area (TPSA) is 80.4 Å². The summed E-state index contributed by atoms with van der Waals surface area (Å²) >= 11 is 0. The van der Waals surface area contributed by atoms with E-state index in [1.807, 2.05) is 12.2 Å². The SMILES string of the molecule is CCC(C)C[C@H]1C=CC=CC1(CO)S(N)(=O)=O. The van der Waals surface area contributed by atoms with Crippen LogP contribution in [0.5, 0.6) is 0 Å². The number of hydrogen-bond donors (Lipinski definition) is 2. The second-order valence-corrected chi connectivity index (χ2v) is 6.61. The van der Waals surface area contributed by atoms with Gasteiger partial charge in [0.25, 0.3) is 0 Å². The van der Waals surface area contributed by atoms with Crippen LogP contribution >= 0.6 is 0 Å². The van der Waals surface area contributed by atoms with E-state index < -0.39 is 21.4 Å². The first-order valence-electron chi connectivity index (χ1n) is 5.86. The van der Waals surface area contributed by atoms with E-state index >= 15 is 0 Å². The van der Waals surface area contributed by atoms with Gasteiger partial charge in [-0.2, -0.15) is 0 Å². The summed E-state index contributed by atoms with van der Waals surface area (Å²) in [5.41, 5.74) is 0. The van der Waals surface area contributed by atoms with Crippen LogP contribution in [0.1, 0.15) is 26.7 Å². The molecule has 0 amide bonds. The Bertz CT molecular complexity index is 413. The second-order valence-electron chi connectivity index (χ2n) is 4.76. The van der Waals surface area contributed by atoms with Crippen LogP contribution in [0.15, 0.2) is 24.3 Å². The zero-order valence-electron chi connectivity index (χ0n) is 10.3. The van der Waals surface area contributed by atoms with Crippen LogP contribution in [0, 0.1) is 11.8 Å². The molecule has 1 aliphatic carbocycles. The van der Waals surface area contributed by atoms with Gasteiger partial charge in [-0.15, -0.1) is 0 Å². The summed E-state index contributed by atoms with van der Waals surface area (Å²) in [6, 6.07) is 0. The van der Waals surface area contributed by atoms with Gasteiger partial charge in [-0.3, -0.25) is 0 Å². The van der Waals surface area contributed by atoms with Crippen molar-refractivity contribution in [1.82, 2.24) is 0 Å². The summed E-state index contributed by atoms with van der Waals surface area (Å²) in [4.78, 5) is 0. The molecule has 0 aliphatic heterocycles. The minimum atomic E-state index is -3.83. The fourth-order valence-electron chi connectivity index (χ4n) is 2.15. The van der Waals surface area contributed by atoms with Gasteiger partial charge in [0.2, 0.25) is 10.0 Å². The normalized spacial score (nSPS) is 30.5. The average molecular weight is 259 g/mol. The Kier molecular flexibility index (Phi) is 4.52. The Balaban J connectivity index is 3.09. The molecule has 0 aromatic heterocycles. The number of sulfonamides is 1. The van der Waals surface area contributed by atoms with E-state index in [0.29, 0.717) is 12.3 Å². The summed E-state index contributed by atoms with van der Waals surface area (Å²) in [5.74, 6) is 0.131. The fourth-order valence-corrected chi connectivity index (χ4v) is 3.19. The van der Waals surface area contributed by atoms with Crippen molar-refractivity contribution in [3.8, 4) is 0 Å². The van der Waals surface area contributed by atoms with Crippen molar-refractivity contribution in [3.63, 3.8) is 0 Å². The molecule has 0 saturated heterocycles. The maximum atomic E-state index is 11.8. The van der Waals surface area contributed by atoms with Crippen LogP contribution in [-0.4, -0.2) is 24.9 Å². The molecule has 1 rings (SSSR count). The maximum absolute atomic E-state index is 11.8. The zero-order chi connectivity index (χ0) is 13.1. The van der Waals surface area contributed by atoms with Crippen molar-refractivity contribution in [2.24, 2.45) is 17.0 Å². The highest BCUT2D eigenvalue weighted by Crippen LogP contribution is 2.35. The van der Waals surface area contributed by atoms with Crippen molar-refractivity contribution < 1.29 is 13.5 Å². The van der Waals surface area contributed by atoms with Crippen molar-refractivity contribution >= 4 is 10.0 Å². The predicted octanol–water partition coefficient (Wildman–Crippen LogP) is 1.18. The minimum Gasteiger partial charge on any atom is -0.394 e. The second kappa shape index (κ2) is 5.33. The molecule has 1 aliphatic rings. The zero-order valence-corrected chi connectivity index (χ0v) is 11.2. The van der Waals surface area contributed by atoms with E-state index in [0.717, 1.165) is 6.42 Å². The third-order valence-electron chi connectivity index (χ3n) is 3.59. The number of rotatable bonds is 5. The van der Waals surface area contributed by atoms with Crippen molar-refractivity contribution in [3.05, 3.63) is 24.3 Å². The van der Waals surface area contributed by atoms with E-state index in [4.69, 9.17) is 5.14 Å². The Morgan fingerprint density at radius 3 is 2.59 bits per heavy atom. The molecule has 17 heavy (non-hydrogen) atoms. The number of hydrogen-bond acceptors (Lipinski definition) is 3. The first kappa shape index (κ1) is 14.4. The Morgan fingerprint density at radius 1 is 1.47 bits per heavy atom. The summed E-state index contributed by atoms with van der Waals surface area (Å²) < 4.78 is 22.1. The van der Waals surface area contributed by atoms with Crippen molar-refractivity contribution in [2.45, 2.75) is 31.4 Å².